The van der Waals surface area contributed by atoms with E-state index in [1.54, 1.807) is 0 Å². The number of ether oxygens (including phenoxy) is 2. The number of nitrogens with zero attached hydrogens (tertiary/aromatic N) is 8. The monoisotopic (exact) mass is 752 g/mol. The fraction of sp³-hybridized carbons (Fsp3) is 0.615. The van der Waals surface area contributed by atoms with E-state index in [2.05, 4.69) is 40.8 Å². The topological polar surface area (TPSA) is 204 Å². The van der Waals surface area contributed by atoms with Crippen LogP contribution in [0, 0.1) is 0 Å². The highest BCUT2D eigenvalue weighted by molar-refractivity contribution is 8.07. The largest absolute Gasteiger partial charge is 0.444 e. The molecule has 0 spiro atoms. The van der Waals surface area contributed by atoms with Crippen molar-refractivity contribution in [3.05, 3.63) is 24.0 Å². The maximum Gasteiger partial charge on any atom is 0.325 e. The molecule has 0 saturated carbocycles. The average Bonchev–Trinajstić information content (AvgIpc) is 3.71. The minimum Gasteiger partial charge on any atom is -0.444 e. The summed E-state index contributed by atoms with van der Waals surface area (Å²) >= 11 is 5.27. The van der Waals surface area contributed by atoms with Crippen LogP contribution in [0.15, 0.2) is 12.7 Å². The second-order valence-corrected chi connectivity index (χ2v) is 16.8. The molecule has 3 fully saturated rings. The summed E-state index contributed by atoms with van der Waals surface area (Å²) in [7, 11) is 1.39. The van der Waals surface area contributed by atoms with Gasteiger partial charge in [-0.1, -0.05) is 0 Å². The first kappa shape index (κ1) is 33.1. The molecule has 9 rings (SSSR count). The van der Waals surface area contributed by atoms with Gasteiger partial charge in [-0.2, -0.15) is 10.2 Å². The molecule has 9 heterocycles. The van der Waals surface area contributed by atoms with Crippen molar-refractivity contribution < 1.29 is 45.8 Å². The smallest absolute Gasteiger partial charge is 0.325 e. The van der Waals surface area contributed by atoms with Crippen molar-refractivity contribution in [1.82, 2.24) is 39.5 Å². The molecule has 5 aliphatic rings. The van der Waals surface area contributed by atoms with Crippen molar-refractivity contribution in [2.75, 3.05) is 36.9 Å². The molecule has 0 aromatic carbocycles. The van der Waals surface area contributed by atoms with Crippen molar-refractivity contribution in [2.45, 2.75) is 74.9 Å². The summed E-state index contributed by atoms with van der Waals surface area (Å²) in [6.07, 6.45) is -7.52. The van der Waals surface area contributed by atoms with E-state index in [-0.39, 0.29) is 0 Å². The van der Waals surface area contributed by atoms with Crippen LogP contribution in [0.25, 0.3) is 22.1 Å². The molecule has 0 amide bonds. The number of halogens is 2. The SMILES string of the molecule is [B-]P1(=O)OC[C@H]2O[C@@H](n3nc4c5c(ncnc53)NCCC4)C(F)C2OP(O)(=S)OC[C@H]2O[C@@H](n3nc4c5c(ncnc53)NCCC4)C(F)C2O1. The van der Waals surface area contributed by atoms with Crippen LogP contribution >= 0.6 is 14.2 Å². The predicted octanol–water partition coefficient (Wildman–Crippen LogP) is 2.16. The second-order valence-electron chi connectivity index (χ2n) is 12.4. The normalized spacial score (nSPS) is 37.5. The van der Waals surface area contributed by atoms with Gasteiger partial charge in [0.1, 0.15) is 48.7 Å². The molecule has 18 nitrogen and oxygen atoms in total. The number of hydrogen-bond donors (Lipinski definition) is 3. The van der Waals surface area contributed by atoms with Crippen molar-refractivity contribution in [2.24, 2.45) is 0 Å². The molecule has 3 N–H and O–H groups in total. The van der Waals surface area contributed by atoms with Crippen molar-refractivity contribution in [1.29, 1.82) is 0 Å². The van der Waals surface area contributed by atoms with Gasteiger partial charge in [-0.25, -0.2) is 38.1 Å². The number of nitrogens with one attached hydrogen (secondary N) is 2. The quantitative estimate of drug-likeness (QED) is 0.198. The molecule has 24 heteroatoms. The van der Waals surface area contributed by atoms with Gasteiger partial charge in [-0.3, -0.25) is 4.52 Å². The van der Waals surface area contributed by atoms with E-state index >= 15 is 8.78 Å². The Balaban J connectivity index is 1.00. The maximum absolute atomic E-state index is 16.4. The number of aromatic nitrogens is 8. The fourth-order valence-corrected chi connectivity index (χ4v) is 9.46. The van der Waals surface area contributed by atoms with Crippen LogP contribution in [-0.4, -0.2) is 115 Å². The van der Waals surface area contributed by atoms with Crippen LogP contribution in [0.5, 0.6) is 0 Å². The van der Waals surface area contributed by atoms with E-state index in [1.165, 1.54) is 22.0 Å². The molecule has 0 aliphatic carbocycles. The standard InChI is InChI=1S/C26H29BF2N10O8P2S/c27-48(40)42-7-13-20(18(29)26(44-13)39-24-16-12(37-39)4-2-6-31-22(16)33-10-35-24)47-49(41,50)43-8-14-19(46-48)17(28)25(45-14)38-23-15-11(36-38)3-1-5-30-21(15)32-9-34-23/h9-10,13-14,17-20,25-26H,1-8H2,(H,41,50)(H,30,32,34)(H,31,33,35)/q-1/t13-,14-,17?,18?,19?,20?,25-,26-,48?,49?/m1/s1. The van der Waals surface area contributed by atoms with Crippen LogP contribution in [0.3, 0.4) is 0 Å². The zero-order valence-electron chi connectivity index (χ0n) is 25.9. The summed E-state index contributed by atoms with van der Waals surface area (Å²) in [5.41, 5.74) is 1.89. The number of fused-ring (bicyclic) bond motifs is 2. The molecule has 4 aromatic rings. The van der Waals surface area contributed by atoms with Gasteiger partial charge in [0.05, 0.1) is 42.8 Å². The Morgan fingerprint density at radius 3 is 1.86 bits per heavy atom. The third-order valence-corrected chi connectivity index (χ3v) is 11.9. The molecular weight excluding hydrogens is 723 g/mol. The minimum atomic E-state index is -4.58. The van der Waals surface area contributed by atoms with Gasteiger partial charge in [-0.15, -0.1) is 0 Å². The van der Waals surface area contributed by atoms with Gasteiger partial charge in [0, 0.05) is 13.1 Å². The number of rotatable bonds is 2. The summed E-state index contributed by atoms with van der Waals surface area (Å²) in [4.78, 5) is 28.3. The first-order valence-electron chi connectivity index (χ1n) is 16.0. The van der Waals surface area contributed by atoms with Crippen LogP contribution in [0.4, 0.5) is 20.4 Å². The van der Waals surface area contributed by atoms with E-state index in [1.807, 2.05) is 0 Å². The summed E-state index contributed by atoms with van der Waals surface area (Å²) < 4.78 is 83.1. The van der Waals surface area contributed by atoms with E-state index in [0.717, 1.165) is 12.8 Å². The van der Waals surface area contributed by atoms with E-state index in [0.29, 0.717) is 71.0 Å². The highest BCUT2D eigenvalue weighted by Gasteiger charge is 2.53. The van der Waals surface area contributed by atoms with Gasteiger partial charge in [0.25, 0.3) is 0 Å². The lowest BCUT2D eigenvalue weighted by Gasteiger charge is -2.34. The Labute approximate surface area is 288 Å². The minimum absolute atomic E-state index is 0.301. The van der Waals surface area contributed by atoms with Crippen LogP contribution in [-0.2, 0) is 56.8 Å². The summed E-state index contributed by atoms with van der Waals surface area (Å²) in [5.74, 6) is 1.11. The Hall–Kier alpha value is -2.78. The molecule has 50 heavy (non-hydrogen) atoms. The van der Waals surface area contributed by atoms with E-state index in [4.69, 9.17) is 46.9 Å². The summed E-state index contributed by atoms with van der Waals surface area (Å²) in [6, 6.07) is 0. The zero-order valence-corrected chi connectivity index (χ0v) is 28.6. The molecule has 265 valence electrons. The lowest BCUT2D eigenvalue weighted by Crippen LogP contribution is -2.37. The number of anilines is 2. The van der Waals surface area contributed by atoms with Gasteiger partial charge in [-0.05, 0) is 37.5 Å². The number of hydrogen-bond acceptors (Lipinski definition) is 16. The van der Waals surface area contributed by atoms with Crippen molar-refractivity contribution >= 4 is 67.3 Å². The highest BCUT2D eigenvalue weighted by Crippen LogP contribution is 2.54. The molecule has 3 radical (unpaired) electrons. The van der Waals surface area contributed by atoms with E-state index < -0.39 is 76.6 Å². The van der Waals surface area contributed by atoms with Crippen LogP contribution < -0.4 is 10.6 Å². The van der Waals surface area contributed by atoms with Crippen molar-refractivity contribution in [3.63, 3.8) is 0 Å². The van der Waals surface area contributed by atoms with Gasteiger partial charge < -0.3 is 50.7 Å². The first-order valence-corrected chi connectivity index (χ1v) is 20.2. The van der Waals surface area contributed by atoms with Crippen molar-refractivity contribution in [3.8, 4) is 0 Å². The van der Waals surface area contributed by atoms with Crippen LogP contribution in [0.1, 0.15) is 36.7 Å². The Morgan fingerprint density at radius 2 is 1.32 bits per heavy atom. The average molecular weight is 752 g/mol. The lowest BCUT2D eigenvalue weighted by molar-refractivity contribution is -0.0601. The molecule has 10 atom stereocenters. The Kier molecular flexibility index (Phi) is 8.22. The third-order valence-electron chi connectivity index (χ3n) is 9.25. The molecule has 4 aromatic heterocycles. The summed E-state index contributed by atoms with van der Waals surface area (Å²) in [5, 5.41) is 16.8. The summed E-state index contributed by atoms with van der Waals surface area (Å²) in [6.45, 7) is -4.18. The molecule has 5 aliphatic heterocycles. The number of aryl methyl sites for hydroxylation is 2. The molecule has 0 bridgehead atoms. The Morgan fingerprint density at radius 1 is 0.820 bits per heavy atom. The fourth-order valence-electron chi connectivity index (χ4n) is 7.02. The highest BCUT2D eigenvalue weighted by atomic mass is 32.5. The molecular formula is C26H29BF2N10O8P2S-. The second kappa shape index (κ2) is 12.4. The van der Waals surface area contributed by atoms with E-state index in [9.17, 15) is 9.46 Å². The van der Waals surface area contributed by atoms with Gasteiger partial charge in [0.15, 0.2) is 36.1 Å². The predicted molar refractivity (Wildman–Crippen MR) is 173 cm³/mol. The molecule has 3 saturated heterocycles. The zero-order chi connectivity index (χ0) is 34.4. The Bertz CT molecular complexity index is 1940. The van der Waals surface area contributed by atoms with Gasteiger partial charge in [0.2, 0.25) is 0 Å². The lowest BCUT2D eigenvalue weighted by atomic mass is 10.1. The maximum atomic E-state index is 16.4. The number of alkyl halides is 2. The third kappa shape index (κ3) is 5.64. The van der Waals surface area contributed by atoms with Gasteiger partial charge >= 0.3 is 6.72 Å². The van der Waals surface area contributed by atoms with Crippen LogP contribution in [0.2, 0.25) is 0 Å². The first-order chi connectivity index (χ1) is 24.1. The molecule has 6 unspecified atom stereocenters.